The zero-order valence-corrected chi connectivity index (χ0v) is 13.3. The fourth-order valence-electron chi connectivity index (χ4n) is 3.44. The van der Waals surface area contributed by atoms with Crippen LogP contribution in [0.5, 0.6) is 0 Å². The lowest BCUT2D eigenvalue weighted by Gasteiger charge is -2.18. The quantitative estimate of drug-likeness (QED) is 0.583. The van der Waals surface area contributed by atoms with Gasteiger partial charge < -0.3 is 5.32 Å². The summed E-state index contributed by atoms with van der Waals surface area (Å²) in [5, 5.41) is 3.74. The Balaban J connectivity index is 1.75. The van der Waals surface area contributed by atoms with E-state index >= 15 is 0 Å². The average Bonchev–Trinajstić information content (AvgIpc) is 3.27. The second-order valence-electron chi connectivity index (χ2n) is 6.28. The van der Waals surface area contributed by atoms with Gasteiger partial charge >= 0.3 is 0 Å². The fourth-order valence-corrected chi connectivity index (χ4v) is 3.44. The highest BCUT2D eigenvalue weighted by molar-refractivity contribution is 5.26. The summed E-state index contributed by atoms with van der Waals surface area (Å²) in [5.74, 6) is 1.69. The zero-order chi connectivity index (χ0) is 14.2. The molecule has 1 fully saturated rings. The molecular formula is C19H31N. The molecule has 0 bridgehead atoms. The van der Waals surface area contributed by atoms with E-state index in [1.165, 1.54) is 44.9 Å². The number of hydrogen-bond acceptors (Lipinski definition) is 1. The van der Waals surface area contributed by atoms with Crippen molar-refractivity contribution < 1.29 is 0 Å². The van der Waals surface area contributed by atoms with Gasteiger partial charge in [-0.3, -0.25) is 0 Å². The van der Waals surface area contributed by atoms with Crippen LogP contribution in [0.1, 0.15) is 70.3 Å². The fraction of sp³-hybridized carbons (Fsp3) is 0.684. The molecule has 0 radical (unpaired) electrons. The molecule has 1 nitrogen and oxygen atoms in total. The van der Waals surface area contributed by atoms with E-state index in [1.54, 1.807) is 5.56 Å². The van der Waals surface area contributed by atoms with E-state index in [9.17, 15) is 0 Å². The third kappa shape index (κ3) is 4.63. The number of unbranched alkanes of at least 4 members (excludes halogenated alkanes) is 4. The van der Waals surface area contributed by atoms with Gasteiger partial charge in [-0.25, -0.2) is 0 Å². The number of nitrogens with one attached hydrogen (secondary N) is 1. The molecule has 0 aromatic heterocycles. The monoisotopic (exact) mass is 273 g/mol. The van der Waals surface area contributed by atoms with Crippen LogP contribution in [-0.2, 0) is 0 Å². The van der Waals surface area contributed by atoms with Gasteiger partial charge in [-0.2, -0.15) is 0 Å². The molecule has 1 heteroatoms. The molecule has 1 saturated carbocycles. The maximum Gasteiger partial charge on any atom is 0.0101 e. The SMILES string of the molecule is CCCCCCCC(NCC)C1CC1c1ccccc1. The van der Waals surface area contributed by atoms with Gasteiger partial charge in [0, 0.05) is 6.04 Å². The lowest BCUT2D eigenvalue weighted by molar-refractivity contribution is 0.418. The van der Waals surface area contributed by atoms with Crippen LogP contribution >= 0.6 is 0 Å². The minimum absolute atomic E-state index is 0.742. The molecule has 112 valence electrons. The van der Waals surface area contributed by atoms with Crippen molar-refractivity contribution in [1.82, 2.24) is 5.32 Å². The zero-order valence-electron chi connectivity index (χ0n) is 13.3. The van der Waals surface area contributed by atoms with Crippen LogP contribution in [0, 0.1) is 5.92 Å². The largest absolute Gasteiger partial charge is 0.314 e. The van der Waals surface area contributed by atoms with Crippen LogP contribution in [-0.4, -0.2) is 12.6 Å². The average molecular weight is 273 g/mol. The number of benzene rings is 1. The van der Waals surface area contributed by atoms with Gasteiger partial charge in [0.25, 0.3) is 0 Å². The van der Waals surface area contributed by atoms with Crippen LogP contribution in [0.4, 0.5) is 0 Å². The molecule has 0 saturated heterocycles. The van der Waals surface area contributed by atoms with Crippen molar-refractivity contribution in [2.45, 2.75) is 70.8 Å². The molecule has 3 atom stereocenters. The first kappa shape index (κ1) is 15.6. The predicted octanol–water partition coefficient (Wildman–Crippen LogP) is 5.13. The molecule has 1 N–H and O–H groups in total. The molecule has 1 aromatic carbocycles. The van der Waals surface area contributed by atoms with Crippen LogP contribution < -0.4 is 5.32 Å². The maximum absolute atomic E-state index is 3.74. The van der Waals surface area contributed by atoms with Crippen molar-refractivity contribution in [3.8, 4) is 0 Å². The van der Waals surface area contributed by atoms with E-state index < -0.39 is 0 Å². The molecule has 0 spiro atoms. The summed E-state index contributed by atoms with van der Waals surface area (Å²) in [6.07, 6.45) is 9.73. The molecule has 20 heavy (non-hydrogen) atoms. The first-order valence-electron chi connectivity index (χ1n) is 8.65. The summed E-state index contributed by atoms with van der Waals surface area (Å²) in [5.41, 5.74) is 1.55. The van der Waals surface area contributed by atoms with E-state index in [-0.39, 0.29) is 0 Å². The number of rotatable bonds is 10. The van der Waals surface area contributed by atoms with E-state index in [0.29, 0.717) is 0 Å². The van der Waals surface area contributed by atoms with Gasteiger partial charge in [0.1, 0.15) is 0 Å². The highest BCUT2D eigenvalue weighted by atomic mass is 14.9. The molecule has 1 aliphatic carbocycles. The summed E-state index contributed by atoms with van der Waals surface area (Å²) in [4.78, 5) is 0. The second kappa shape index (κ2) is 8.46. The summed E-state index contributed by atoms with van der Waals surface area (Å²) >= 11 is 0. The molecule has 3 unspecified atom stereocenters. The van der Waals surface area contributed by atoms with E-state index in [2.05, 4.69) is 49.5 Å². The Morgan fingerprint density at radius 3 is 2.50 bits per heavy atom. The van der Waals surface area contributed by atoms with Gasteiger partial charge in [-0.1, -0.05) is 76.3 Å². The summed E-state index contributed by atoms with van der Waals surface area (Å²) in [6, 6.07) is 11.8. The van der Waals surface area contributed by atoms with Crippen molar-refractivity contribution in [2.75, 3.05) is 6.54 Å². The summed E-state index contributed by atoms with van der Waals surface area (Å²) in [7, 11) is 0. The van der Waals surface area contributed by atoms with Gasteiger partial charge in [-0.15, -0.1) is 0 Å². The Kier molecular flexibility index (Phi) is 6.59. The van der Waals surface area contributed by atoms with Crippen molar-refractivity contribution in [3.63, 3.8) is 0 Å². The minimum Gasteiger partial charge on any atom is -0.314 e. The molecule has 0 heterocycles. The molecule has 1 aromatic rings. The van der Waals surface area contributed by atoms with E-state index in [0.717, 1.165) is 24.4 Å². The Morgan fingerprint density at radius 2 is 1.80 bits per heavy atom. The summed E-state index contributed by atoms with van der Waals surface area (Å²) in [6.45, 7) is 5.64. The maximum atomic E-state index is 3.74. The van der Waals surface area contributed by atoms with Crippen molar-refractivity contribution in [3.05, 3.63) is 35.9 Å². The lowest BCUT2D eigenvalue weighted by atomic mass is 9.99. The lowest BCUT2D eigenvalue weighted by Crippen LogP contribution is -2.31. The molecular weight excluding hydrogens is 242 g/mol. The third-order valence-electron chi connectivity index (χ3n) is 4.67. The van der Waals surface area contributed by atoms with Gasteiger partial charge in [0.15, 0.2) is 0 Å². The standard InChI is InChI=1S/C19H31N/c1-3-5-6-7-11-14-19(20-4-2)18-15-17(18)16-12-9-8-10-13-16/h8-10,12-13,17-20H,3-7,11,14-15H2,1-2H3. The van der Waals surface area contributed by atoms with Crippen molar-refractivity contribution in [1.29, 1.82) is 0 Å². The van der Waals surface area contributed by atoms with Crippen LogP contribution in [0.25, 0.3) is 0 Å². The van der Waals surface area contributed by atoms with Gasteiger partial charge in [0.2, 0.25) is 0 Å². The van der Waals surface area contributed by atoms with Crippen LogP contribution in [0.15, 0.2) is 30.3 Å². The van der Waals surface area contributed by atoms with Crippen LogP contribution in [0.3, 0.4) is 0 Å². The highest BCUT2D eigenvalue weighted by Gasteiger charge is 2.42. The van der Waals surface area contributed by atoms with Crippen LogP contribution in [0.2, 0.25) is 0 Å². The third-order valence-corrected chi connectivity index (χ3v) is 4.67. The van der Waals surface area contributed by atoms with Gasteiger partial charge in [0.05, 0.1) is 0 Å². The molecule has 2 rings (SSSR count). The normalized spacial score (nSPS) is 22.7. The van der Waals surface area contributed by atoms with Gasteiger partial charge in [-0.05, 0) is 36.8 Å². The molecule has 1 aliphatic rings. The highest BCUT2D eigenvalue weighted by Crippen LogP contribution is 2.50. The van der Waals surface area contributed by atoms with E-state index in [4.69, 9.17) is 0 Å². The van der Waals surface area contributed by atoms with Crippen molar-refractivity contribution in [2.24, 2.45) is 5.92 Å². The smallest absolute Gasteiger partial charge is 0.0101 e. The molecule has 0 aliphatic heterocycles. The Bertz CT molecular complexity index is 359. The first-order valence-corrected chi connectivity index (χ1v) is 8.65. The first-order chi connectivity index (χ1) is 9.86. The minimum atomic E-state index is 0.742. The summed E-state index contributed by atoms with van der Waals surface area (Å²) < 4.78 is 0. The Hall–Kier alpha value is -0.820. The predicted molar refractivity (Wildman–Crippen MR) is 88.1 cm³/mol. The molecule has 0 amide bonds. The second-order valence-corrected chi connectivity index (χ2v) is 6.28. The van der Waals surface area contributed by atoms with Crippen molar-refractivity contribution >= 4 is 0 Å². The topological polar surface area (TPSA) is 12.0 Å². The van der Waals surface area contributed by atoms with E-state index in [1.807, 2.05) is 0 Å². The number of hydrogen-bond donors (Lipinski definition) is 1. The Morgan fingerprint density at radius 1 is 1.05 bits per heavy atom. The Labute approximate surface area is 125 Å².